The number of thiophene rings is 1. The molecule has 1 amide bonds. The predicted octanol–water partition coefficient (Wildman–Crippen LogP) is 3.26. The summed E-state index contributed by atoms with van der Waals surface area (Å²) in [4.78, 5) is 12.3. The zero-order valence-corrected chi connectivity index (χ0v) is 12.7. The summed E-state index contributed by atoms with van der Waals surface area (Å²) in [5.74, 6) is 0.280. The van der Waals surface area contributed by atoms with E-state index in [1.54, 1.807) is 17.4 Å². The minimum Gasteiger partial charge on any atom is -0.366 e. The number of hydrogen-bond acceptors (Lipinski definition) is 3. The van der Waals surface area contributed by atoms with Gasteiger partial charge in [0, 0.05) is 11.4 Å². The molecule has 0 radical (unpaired) electrons. The summed E-state index contributed by atoms with van der Waals surface area (Å²) >= 11 is 1.54. The Bertz CT molecular complexity index is 572. The molecule has 1 aromatic heterocycles. The van der Waals surface area contributed by atoms with E-state index in [4.69, 9.17) is 5.73 Å². The van der Waals surface area contributed by atoms with Crippen molar-refractivity contribution < 1.29 is 4.79 Å². The van der Waals surface area contributed by atoms with E-state index in [-0.39, 0.29) is 5.91 Å². The molecule has 4 heteroatoms. The van der Waals surface area contributed by atoms with Gasteiger partial charge in [-0.05, 0) is 35.0 Å². The molecule has 0 saturated heterocycles. The molecular weight excluding hydrogens is 268 g/mol. The zero-order valence-electron chi connectivity index (χ0n) is 11.8. The molecule has 0 aliphatic rings. The van der Waals surface area contributed by atoms with Crippen molar-refractivity contribution in [1.82, 2.24) is 5.32 Å². The van der Waals surface area contributed by atoms with Gasteiger partial charge < -0.3 is 11.1 Å². The van der Waals surface area contributed by atoms with Gasteiger partial charge in [0.25, 0.3) is 0 Å². The molecular formula is C16H20N2OS. The summed E-state index contributed by atoms with van der Waals surface area (Å²) in [5.41, 5.74) is 8.26. The highest BCUT2D eigenvalue weighted by Gasteiger charge is 2.11. The molecule has 20 heavy (non-hydrogen) atoms. The molecule has 0 atom stereocenters. The quantitative estimate of drug-likeness (QED) is 0.857. The minimum atomic E-state index is -0.371. The fourth-order valence-electron chi connectivity index (χ4n) is 2.01. The Morgan fingerprint density at radius 2 is 1.95 bits per heavy atom. The molecule has 2 rings (SSSR count). The largest absolute Gasteiger partial charge is 0.366 e. The van der Waals surface area contributed by atoms with E-state index in [2.05, 4.69) is 31.3 Å². The molecule has 0 aliphatic heterocycles. The van der Waals surface area contributed by atoms with Gasteiger partial charge in [0.1, 0.15) is 0 Å². The molecule has 0 fully saturated rings. The van der Waals surface area contributed by atoms with Gasteiger partial charge in [-0.2, -0.15) is 0 Å². The van der Waals surface area contributed by atoms with Crippen LogP contribution in [-0.2, 0) is 6.54 Å². The Balaban J connectivity index is 2.08. The topological polar surface area (TPSA) is 55.1 Å². The number of carbonyl (C=O) groups excluding carboxylic acids is 1. The van der Waals surface area contributed by atoms with Crippen molar-refractivity contribution in [3.05, 3.63) is 46.8 Å². The Morgan fingerprint density at radius 1 is 1.25 bits per heavy atom. The summed E-state index contributed by atoms with van der Waals surface area (Å²) in [6.07, 6.45) is 0. The highest BCUT2D eigenvalue weighted by Crippen LogP contribution is 2.29. The Labute approximate surface area is 123 Å². The molecule has 1 heterocycles. The first-order valence-electron chi connectivity index (χ1n) is 6.75. The van der Waals surface area contributed by atoms with E-state index in [1.165, 1.54) is 5.56 Å². The van der Waals surface area contributed by atoms with E-state index in [1.807, 2.05) is 17.5 Å². The summed E-state index contributed by atoms with van der Waals surface area (Å²) in [5, 5.41) is 5.31. The molecule has 0 bridgehead atoms. The number of carbonyl (C=O) groups is 1. The minimum absolute atomic E-state index is 0.371. The third-order valence-corrected chi connectivity index (χ3v) is 3.99. The number of nitrogens with one attached hydrogen (secondary N) is 1. The van der Waals surface area contributed by atoms with Crippen molar-refractivity contribution in [3.8, 4) is 10.4 Å². The van der Waals surface area contributed by atoms with Crippen LogP contribution in [-0.4, -0.2) is 12.5 Å². The van der Waals surface area contributed by atoms with Crippen molar-refractivity contribution in [1.29, 1.82) is 0 Å². The molecule has 2 aromatic rings. The van der Waals surface area contributed by atoms with E-state index in [9.17, 15) is 4.79 Å². The number of primary amides is 1. The van der Waals surface area contributed by atoms with Gasteiger partial charge in [-0.15, -0.1) is 11.3 Å². The van der Waals surface area contributed by atoms with Crippen LogP contribution >= 0.6 is 11.3 Å². The SMILES string of the molecule is CC(C)CNCc1ccc(-c2sccc2C(N)=O)cc1. The van der Waals surface area contributed by atoms with Gasteiger partial charge in [-0.1, -0.05) is 38.1 Å². The standard InChI is InChI=1S/C16H20N2OS/c1-11(2)9-18-10-12-3-5-13(6-4-12)15-14(16(17)19)7-8-20-15/h3-8,11,18H,9-10H2,1-2H3,(H2,17,19). The van der Waals surface area contributed by atoms with Gasteiger partial charge in [0.05, 0.1) is 5.56 Å². The second-order valence-electron chi connectivity index (χ2n) is 5.25. The van der Waals surface area contributed by atoms with E-state index < -0.39 is 0 Å². The Kier molecular flexibility index (Phi) is 4.93. The van der Waals surface area contributed by atoms with Gasteiger partial charge in [-0.3, -0.25) is 4.79 Å². The predicted molar refractivity (Wildman–Crippen MR) is 84.8 cm³/mol. The third-order valence-electron chi connectivity index (χ3n) is 3.03. The van der Waals surface area contributed by atoms with Crippen molar-refractivity contribution in [2.24, 2.45) is 11.7 Å². The van der Waals surface area contributed by atoms with E-state index in [0.717, 1.165) is 23.5 Å². The monoisotopic (exact) mass is 288 g/mol. The fourth-order valence-corrected chi connectivity index (χ4v) is 2.91. The third kappa shape index (κ3) is 3.68. The second-order valence-corrected chi connectivity index (χ2v) is 6.17. The number of nitrogens with two attached hydrogens (primary N) is 1. The van der Waals surface area contributed by atoms with E-state index in [0.29, 0.717) is 11.5 Å². The second kappa shape index (κ2) is 6.68. The van der Waals surface area contributed by atoms with Crippen molar-refractivity contribution >= 4 is 17.2 Å². The summed E-state index contributed by atoms with van der Waals surface area (Å²) in [6.45, 7) is 6.26. The maximum absolute atomic E-state index is 11.3. The number of amides is 1. The van der Waals surface area contributed by atoms with E-state index >= 15 is 0 Å². The van der Waals surface area contributed by atoms with Crippen LogP contribution in [0.3, 0.4) is 0 Å². The lowest BCUT2D eigenvalue weighted by Gasteiger charge is -2.08. The van der Waals surface area contributed by atoms with Gasteiger partial charge >= 0.3 is 0 Å². The van der Waals surface area contributed by atoms with Gasteiger partial charge in [0.15, 0.2) is 0 Å². The summed E-state index contributed by atoms with van der Waals surface area (Å²) in [7, 11) is 0. The van der Waals surface area contributed by atoms with Crippen LogP contribution in [0.4, 0.5) is 0 Å². The first kappa shape index (κ1) is 14.8. The van der Waals surface area contributed by atoms with Crippen LogP contribution in [0, 0.1) is 5.92 Å². The van der Waals surface area contributed by atoms with Crippen LogP contribution in [0.15, 0.2) is 35.7 Å². The first-order chi connectivity index (χ1) is 9.58. The van der Waals surface area contributed by atoms with Gasteiger partial charge in [-0.25, -0.2) is 0 Å². The van der Waals surface area contributed by atoms with Crippen molar-refractivity contribution in [2.75, 3.05) is 6.54 Å². The van der Waals surface area contributed by atoms with Crippen LogP contribution in [0.1, 0.15) is 29.8 Å². The normalized spacial score (nSPS) is 10.9. The molecule has 3 nitrogen and oxygen atoms in total. The number of benzene rings is 1. The zero-order chi connectivity index (χ0) is 14.5. The lowest BCUT2D eigenvalue weighted by Crippen LogP contribution is -2.18. The highest BCUT2D eigenvalue weighted by molar-refractivity contribution is 7.14. The Hall–Kier alpha value is -1.65. The molecule has 0 aliphatic carbocycles. The molecule has 3 N–H and O–H groups in total. The van der Waals surface area contributed by atoms with Crippen LogP contribution in [0.5, 0.6) is 0 Å². The number of hydrogen-bond donors (Lipinski definition) is 2. The first-order valence-corrected chi connectivity index (χ1v) is 7.63. The molecule has 0 spiro atoms. The average Bonchev–Trinajstić information content (AvgIpc) is 2.88. The molecule has 0 unspecified atom stereocenters. The smallest absolute Gasteiger partial charge is 0.250 e. The van der Waals surface area contributed by atoms with Crippen molar-refractivity contribution in [2.45, 2.75) is 20.4 Å². The van der Waals surface area contributed by atoms with Crippen molar-refractivity contribution in [3.63, 3.8) is 0 Å². The van der Waals surface area contributed by atoms with Gasteiger partial charge in [0.2, 0.25) is 5.91 Å². The van der Waals surface area contributed by atoms with Crippen LogP contribution < -0.4 is 11.1 Å². The molecule has 0 saturated carbocycles. The maximum Gasteiger partial charge on any atom is 0.250 e. The lowest BCUT2D eigenvalue weighted by atomic mass is 10.1. The van der Waals surface area contributed by atoms with Crippen LogP contribution in [0.2, 0.25) is 0 Å². The fraction of sp³-hybridized carbons (Fsp3) is 0.312. The summed E-state index contributed by atoms with van der Waals surface area (Å²) < 4.78 is 0. The highest BCUT2D eigenvalue weighted by atomic mass is 32.1. The Morgan fingerprint density at radius 3 is 2.55 bits per heavy atom. The molecule has 106 valence electrons. The lowest BCUT2D eigenvalue weighted by molar-refractivity contribution is 0.100. The number of rotatable bonds is 6. The molecule has 1 aromatic carbocycles. The average molecular weight is 288 g/mol. The maximum atomic E-state index is 11.3. The van der Waals surface area contributed by atoms with Crippen LogP contribution in [0.25, 0.3) is 10.4 Å². The summed E-state index contributed by atoms with van der Waals surface area (Å²) in [6, 6.07) is 10.1.